The summed E-state index contributed by atoms with van der Waals surface area (Å²) in [7, 11) is 1.25. The Morgan fingerprint density at radius 1 is 1.16 bits per heavy atom. The summed E-state index contributed by atoms with van der Waals surface area (Å²) in [5.74, 6) is -1.72. The molecule has 6 nitrogen and oxygen atoms in total. The van der Waals surface area contributed by atoms with Gasteiger partial charge in [-0.05, 0) is 30.0 Å². The summed E-state index contributed by atoms with van der Waals surface area (Å²) in [6.45, 7) is 5.12. The van der Waals surface area contributed by atoms with Crippen molar-refractivity contribution in [1.82, 2.24) is 10.6 Å². The van der Waals surface area contributed by atoms with E-state index in [9.17, 15) is 18.8 Å². The lowest BCUT2D eigenvalue weighted by Gasteiger charge is -2.23. The molecule has 0 spiro atoms. The van der Waals surface area contributed by atoms with Gasteiger partial charge < -0.3 is 15.4 Å². The molecule has 0 aromatic heterocycles. The van der Waals surface area contributed by atoms with Gasteiger partial charge in [0.15, 0.2) is 0 Å². The third-order valence-corrected chi connectivity index (χ3v) is 3.53. The average molecular weight is 352 g/mol. The van der Waals surface area contributed by atoms with Crippen molar-refractivity contribution in [1.29, 1.82) is 0 Å². The SMILES string of the molecule is COC(=O)[C@@H](CC(C)C)NC(=O)[C@H](Cc1cccc(F)c1)NC(C)=O. The van der Waals surface area contributed by atoms with Crippen molar-refractivity contribution in [2.75, 3.05) is 7.11 Å². The molecule has 138 valence electrons. The number of rotatable bonds is 8. The highest BCUT2D eigenvalue weighted by atomic mass is 19.1. The molecule has 0 unspecified atom stereocenters. The van der Waals surface area contributed by atoms with Crippen molar-refractivity contribution >= 4 is 17.8 Å². The first-order valence-corrected chi connectivity index (χ1v) is 8.12. The third-order valence-electron chi connectivity index (χ3n) is 3.53. The molecule has 0 saturated heterocycles. The van der Waals surface area contributed by atoms with E-state index in [4.69, 9.17) is 4.74 Å². The van der Waals surface area contributed by atoms with Crippen LogP contribution in [-0.4, -0.2) is 37.0 Å². The van der Waals surface area contributed by atoms with Gasteiger partial charge in [-0.15, -0.1) is 0 Å². The van der Waals surface area contributed by atoms with Crippen LogP contribution >= 0.6 is 0 Å². The first kappa shape index (κ1) is 20.6. The highest BCUT2D eigenvalue weighted by Gasteiger charge is 2.27. The van der Waals surface area contributed by atoms with Gasteiger partial charge in [0, 0.05) is 13.3 Å². The fourth-order valence-corrected chi connectivity index (χ4v) is 2.45. The van der Waals surface area contributed by atoms with Gasteiger partial charge >= 0.3 is 5.97 Å². The second-order valence-corrected chi connectivity index (χ2v) is 6.30. The quantitative estimate of drug-likeness (QED) is 0.696. The van der Waals surface area contributed by atoms with Crippen LogP contribution in [0.25, 0.3) is 0 Å². The van der Waals surface area contributed by atoms with E-state index in [0.29, 0.717) is 12.0 Å². The van der Waals surface area contributed by atoms with Crippen molar-refractivity contribution in [3.63, 3.8) is 0 Å². The van der Waals surface area contributed by atoms with E-state index in [1.807, 2.05) is 13.8 Å². The number of carbonyl (C=O) groups excluding carboxylic acids is 3. The number of carbonyl (C=O) groups is 3. The molecule has 2 amide bonds. The minimum absolute atomic E-state index is 0.110. The van der Waals surface area contributed by atoms with Gasteiger partial charge in [-0.3, -0.25) is 9.59 Å². The minimum Gasteiger partial charge on any atom is -0.467 e. The van der Waals surface area contributed by atoms with Crippen LogP contribution < -0.4 is 10.6 Å². The van der Waals surface area contributed by atoms with E-state index >= 15 is 0 Å². The molecule has 0 saturated carbocycles. The molecule has 0 aliphatic rings. The van der Waals surface area contributed by atoms with Gasteiger partial charge in [0.25, 0.3) is 0 Å². The lowest BCUT2D eigenvalue weighted by atomic mass is 10.0. The zero-order chi connectivity index (χ0) is 19.0. The zero-order valence-electron chi connectivity index (χ0n) is 15.0. The molecule has 0 radical (unpaired) electrons. The van der Waals surface area contributed by atoms with Crippen LogP contribution in [0.1, 0.15) is 32.8 Å². The number of hydrogen-bond acceptors (Lipinski definition) is 4. The second-order valence-electron chi connectivity index (χ2n) is 6.30. The fraction of sp³-hybridized carbons (Fsp3) is 0.500. The maximum absolute atomic E-state index is 13.3. The first-order chi connectivity index (χ1) is 11.7. The van der Waals surface area contributed by atoms with Crippen molar-refractivity contribution in [3.05, 3.63) is 35.6 Å². The van der Waals surface area contributed by atoms with Crippen LogP contribution in [-0.2, 0) is 25.5 Å². The van der Waals surface area contributed by atoms with Gasteiger partial charge in [0.05, 0.1) is 7.11 Å². The summed E-state index contributed by atoms with van der Waals surface area (Å²) in [4.78, 5) is 35.8. The molecular formula is C18H25FN2O4. The number of esters is 1. The summed E-state index contributed by atoms with van der Waals surface area (Å²) in [6.07, 6.45) is 0.518. The van der Waals surface area contributed by atoms with Crippen LogP contribution in [0.4, 0.5) is 4.39 Å². The molecule has 7 heteroatoms. The van der Waals surface area contributed by atoms with Crippen LogP contribution in [0, 0.1) is 11.7 Å². The summed E-state index contributed by atoms with van der Waals surface area (Å²) in [5.41, 5.74) is 0.562. The Kier molecular flexibility index (Phi) is 8.04. The van der Waals surface area contributed by atoms with Crippen LogP contribution in [0.5, 0.6) is 0 Å². The largest absolute Gasteiger partial charge is 0.467 e. The smallest absolute Gasteiger partial charge is 0.328 e. The number of halogens is 1. The molecule has 0 bridgehead atoms. The molecule has 1 aromatic carbocycles. The van der Waals surface area contributed by atoms with Gasteiger partial charge in [-0.1, -0.05) is 26.0 Å². The number of ether oxygens (including phenoxy) is 1. The second kappa shape index (κ2) is 9.76. The number of methoxy groups -OCH3 is 1. The molecule has 1 rings (SSSR count). The predicted octanol–water partition coefficient (Wildman–Crippen LogP) is 1.58. The number of nitrogens with one attached hydrogen (secondary N) is 2. The number of benzene rings is 1. The van der Waals surface area contributed by atoms with Gasteiger partial charge in [0.1, 0.15) is 17.9 Å². The van der Waals surface area contributed by atoms with Gasteiger partial charge in [-0.2, -0.15) is 0 Å². The molecule has 25 heavy (non-hydrogen) atoms. The maximum Gasteiger partial charge on any atom is 0.328 e. The van der Waals surface area contributed by atoms with E-state index in [1.165, 1.54) is 32.2 Å². The average Bonchev–Trinajstić information content (AvgIpc) is 2.52. The van der Waals surface area contributed by atoms with E-state index in [1.54, 1.807) is 6.07 Å². The fourth-order valence-electron chi connectivity index (χ4n) is 2.45. The van der Waals surface area contributed by atoms with Crippen molar-refractivity contribution in [2.24, 2.45) is 5.92 Å². The van der Waals surface area contributed by atoms with Crippen molar-refractivity contribution in [2.45, 2.75) is 45.7 Å². The van der Waals surface area contributed by atoms with E-state index < -0.39 is 35.7 Å². The molecule has 0 heterocycles. The Balaban J connectivity index is 2.90. The zero-order valence-corrected chi connectivity index (χ0v) is 15.0. The van der Waals surface area contributed by atoms with E-state index in [2.05, 4.69) is 10.6 Å². The van der Waals surface area contributed by atoms with Crippen molar-refractivity contribution < 1.29 is 23.5 Å². The molecule has 2 N–H and O–H groups in total. The lowest BCUT2D eigenvalue weighted by molar-refractivity contribution is -0.145. The highest BCUT2D eigenvalue weighted by Crippen LogP contribution is 2.10. The van der Waals surface area contributed by atoms with Crippen LogP contribution in [0.3, 0.4) is 0 Å². The summed E-state index contributed by atoms with van der Waals surface area (Å²) in [6, 6.07) is 4.07. The molecule has 0 fully saturated rings. The summed E-state index contributed by atoms with van der Waals surface area (Å²) >= 11 is 0. The molecule has 0 aliphatic heterocycles. The first-order valence-electron chi connectivity index (χ1n) is 8.12. The summed E-state index contributed by atoms with van der Waals surface area (Å²) < 4.78 is 18.1. The molecule has 0 aliphatic carbocycles. The maximum atomic E-state index is 13.3. The lowest BCUT2D eigenvalue weighted by Crippen LogP contribution is -2.52. The molecule has 2 atom stereocenters. The highest BCUT2D eigenvalue weighted by molar-refractivity contribution is 5.90. The number of hydrogen-bond donors (Lipinski definition) is 2. The molecular weight excluding hydrogens is 327 g/mol. The number of amides is 2. The van der Waals surface area contributed by atoms with Crippen LogP contribution in [0.2, 0.25) is 0 Å². The van der Waals surface area contributed by atoms with Gasteiger partial charge in [-0.25, -0.2) is 9.18 Å². The topological polar surface area (TPSA) is 84.5 Å². The standard InChI is InChI=1S/C18H25FN2O4/c1-11(2)8-16(18(24)25-4)21-17(23)15(20-12(3)22)10-13-6-5-7-14(19)9-13/h5-7,9,11,15-16H,8,10H2,1-4H3,(H,20,22)(H,21,23)/t15-,16+/m0/s1. The van der Waals surface area contributed by atoms with Gasteiger partial charge in [0.2, 0.25) is 11.8 Å². The van der Waals surface area contributed by atoms with Crippen molar-refractivity contribution in [3.8, 4) is 0 Å². The van der Waals surface area contributed by atoms with Crippen LogP contribution in [0.15, 0.2) is 24.3 Å². The van der Waals surface area contributed by atoms with E-state index in [0.717, 1.165) is 0 Å². The minimum atomic E-state index is -0.918. The molecule has 1 aromatic rings. The Morgan fingerprint density at radius 2 is 1.84 bits per heavy atom. The third kappa shape index (κ3) is 7.32. The Labute approximate surface area is 147 Å². The normalized spacial score (nSPS) is 13.0. The summed E-state index contributed by atoms with van der Waals surface area (Å²) in [5, 5.41) is 5.16. The Bertz CT molecular complexity index is 619. The van der Waals surface area contributed by atoms with E-state index in [-0.39, 0.29) is 12.3 Å². The Hall–Kier alpha value is -2.44. The monoisotopic (exact) mass is 352 g/mol. The Morgan fingerprint density at radius 3 is 2.36 bits per heavy atom. The predicted molar refractivity (Wildman–Crippen MR) is 91.1 cm³/mol.